The number of carbonyl (C=O) groups is 1. The Morgan fingerprint density at radius 2 is 2.14 bits per heavy atom. The first-order valence-electron chi connectivity index (χ1n) is 7.20. The molecule has 1 atom stereocenters. The maximum absolute atomic E-state index is 12.0. The van der Waals surface area contributed by atoms with Crippen LogP contribution in [0.5, 0.6) is 0 Å². The third-order valence-corrected chi connectivity index (χ3v) is 5.25. The molecule has 5 nitrogen and oxygen atoms in total. The number of hydrogen-bond donors (Lipinski definition) is 1. The maximum Gasteiger partial charge on any atom is 0.222 e. The first-order valence-corrected chi connectivity index (χ1v) is 8.91. The van der Waals surface area contributed by atoms with Crippen LogP contribution in [0.15, 0.2) is 41.8 Å². The molecule has 0 radical (unpaired) electrons. The summed E-state index contributed by atoms with van der Waals surface area (Å²) < 4.78 is 24.7. The monoisotopic (exact) mass is 318 g/mol. The van der Waals surface area contributed by atoms with Crippen LogP contribution in [0, 0.1) is 6.92 Å². The second-order valence-corrected chi connectivity index (χ2v) is 7.51. The molecule has 2 heterocycles. The van der Waals surface area contributed by atoms with Crippen molar-refractivity contribution in [3.63, 3.8) is 0 Å². The standard InChI is InChI=1S/C16H18N2O3S/c1-12-10-13-4-2-3-5-15(13)18(12)8-6-16(19)17-14-7-9-22(20,21)11-14/h2-5,7,9-10,14H,6,8,11H2,1H3,(H,17,19)/t14-/m0/s1. The van der Waals surface area contributed by atoms with Crippen molar-refractivity contribution in [1.82, 2.24) is 9.88 Å². The van der Waals surface area contributed by atoms with Gasteiger partial charge in [-0.1, -0.05) is 18.2 Å². The van der Waals surface area contributed by atoms with Gasteiger partial charge in [0, 0.05) is 29.6 Å². The summed E-state index contributed by atoms with van der Waals surface area (Å²) in [6, 6.07) is 9.75. The molecule has 0 spiro atoms. The summed E-state index contributed by atoms with van der Waals surface area (Å²) in [7, 11) is -3.14. The molecule has 1 aliphatic heterocycles. The number of sulfone groups is 1. The van der Waals surface area contributed by atoms with Gasteiger partial charge in [-0.2, -0.15) is 0 Å². The van der Waals surface area contributed by atoms with E-state index in [0.29, 0.717) is 13.0 Å². The van der Waals surface area contributed by atoms with Gasteiger partial charge in [0.2, 0.25) is 5.91 Å². The van der Waals surface area contributed by atoms with Crippen LogP contribution in [0.25, 0.3) is 10.9 Å². The fourth-order valence-electron chi connectivity index (χ4n) is 2.80. The molecule has 0 saturated carbocycles. The maximum atomic E-state index is 12.0. The number of nitrogens with one attached hydrogen (secondary N) is 1. The highest BCUT2D eigenvalue weighted by molar-refractivity contribution is 7.94. The molecule has 1 aromatic carbocycles. The molecule has 0 bridgehead atoms. The van der Waals surface area contributed by atoms with Gasteiger partial charge in [0.25, 0.3) is 0 Å². The molecule has 6 heteroatoms. The van der Waals surface area contributed by atoms with Gasteiger partial charge in [0.05, 0.1) is 11.8 Å². The highest BCUT2D eigenvalue weighted by Crippen LogP contribution is 2.19. The predicted octanol–water partition coefficient (Wildman–Crippen LogP) is 1.77. The van der Waals surface area contributed by atoms with Crippen molar-refractivity contribution in [2.45, 2.75) is 25.9 Å². The molecular formula is C16H18N2O3S. The molecule has 0 aliphatic carbocycles. The smallest absolute Gasteiger partial charge is 0.222 e. The van der Waals surface area contributed by atoms with E-state index in [1.807, 2.05) is 31.2 Å². The van der Waals surface area contributed by atoms with E-state index in [9.17, 15) is 13.2 Å². The predicted molar refractivity (Wildman–Crippen MR) is 86.1 cm³/mol. The first kappa shape index (κ1) is 14.8. The van der Waals surface area contributed by atoms with E-state index in [1.165, 1.54) is 11.5 Å². The second kappa shape index (κ2) is 5.61. The van der Waals surface area contributed by atoms with E-state index >= 15 is 0 Å². The van der Waals surface area contributed by atoms with E-state index in [0.717, 1.165) is 16.6 Å². The van der Waals surface area contributed by atoms with E-state index in [2.05, 4.69) is 16.0 Å². The number of nitrogens with zero attached hydrogens (tertiary/aromatic N) is 1. The minimum Gasteiger partial charge on any atom is -0.349 e. The lowest BCUT2D eigenvalue weighted by Crippen LogP contribution is -2.35. The Labute approximate surface area is 129 Å². The molecule has 1 N–H and O–H groups in total. The first-order chi connectivity index (χ1) is 10.4. The number of aromatic nitrogens is 1. The van der Waals surface area contributed by atoms with Crippen molar-refractivity contribution >= 4 is 26.6 Å². The van der Waals surface area contributed by atoms with Crippen LogP contribution in [-0.4, -0.2) is 30.7 Å². The molecule has 2 aromatic rings. The van der Waals surface area contributed by atoms with Gasteiger partial charge in [-0.25, -0.2) is 8.42 Å². The van der Waals surface area contributed by atoms with Crippen molar-refractivity contribution in [3.8, 4) is 0 Å². The van der Waals surface area contributed by atoms with Gasteiger partial charge in [0.15, 0.2) is 9.84 Å². The van der Waals surface area contributed by atoms with Crippen molar-refractivity contribution in [1.29, 1.82) is 0 Å². The number of para-hydroxylation sites is 1. The number of carbonyl (C=O) groups excluding carboxylic acids is 1. The lowest BCUT2D eigenvalue weighted by atomic mass is 10.2. The minimum absolute atomic E-state index is 0.0375. The molecule has 0 saturated heterocycles. The Morgan fingerprint density at radius 3 is 2.86 bits per heavy atom. The highest BCUT2D eigenvalue weighted by Gasteiger charge is 2.22. The topological polar surface area (TPSA) is 68.2 Å². The summed E-state index contributed by atoms with van der Waals surface area (Å²) in [5.41, 5.74) is 2.22. The molecule has 22 heavy (non-hydrogen) atoms. The van der Waals surface area contributed by atoms with Gasteiger partial charge in [-0.15, -0.1) is 0 Å². The average Bonchev–Trinajstić information content (AvgIpc) is 2.95. The Kier molecular flexibility index (Phi) is 3.78. The Hall–Kier alpha value is -2.08. The summed E-state index contributed by atoms with van der Waals surface area (Å²) in [6.07, 6.45) is 1.85. The lowest BCUT2D eigenvalue weighted by Gasteiger charge is -2.12. The zero-order chi connectivity index (χ0) is 15.7. The number of aryl methyl sites for hydroxylation is 2. The molecule has 116 valence electrons. The molecule has 0 fully saturated rings. The van der Waals surface area contributed by atoms with Gasteiger partial charge in [0.1, 0.15) is 0 Å². The SMILES string of the molecule is Cc1cc2ccccc2n1CCC(=O)N[C@H]1C=CS(=O)(=O)C1. The summed E-state index contributed by atoms with van der Waals surface area (Å²) in [5.74, 6) is -0.173. The fourth-order valence-corrected chi connectivity index (χ4v) is 4.04. The molecule has 3 rings (SSSR count). The van der Waals surface area contributed by atoms with E-state index in [-0.39, 0.29) is 11.7 Å². The van der Waals surface area contributed by atoms with Gasteiger partial charge >= 0.3 is 0 Å². The van der Waals surface area contributed by atoms with Crippen LogP contribution in [0.1, 0.15) is 12.1 Å². The number of rotatable bonds is 4. The van der Waals surface area contributed by atoms with E-state index in [4.69, 9.17) is 0 Å². The van der Waals surface area contributed by atoms with Gasteiger partial charge < -0.3 is 9.88 Å². The largest absolute Gasteiger partial charge is 0.349 e. The number of fused-ring (bicyclic) bond motifs is 1. The summed E-state index contributed by atoms with van der Waals surface area (Å²) >= 11 is 0. The average molecular weight is 318 g/mol. The van der Waals surface area contributed by atoms with Crippen molar-refractivity contribution in [3.05, 3.63) is 47.5 Å². The minimum atomic E-state index is -3.14. The lowest BCUT2D eigenvalue weighted by molar-refractivity contribution is -0.121. The third-order valence-electron chi connectivity index (χ3n) is 3.86. The normalized spacial score (nSPS) is 19.6. The summed E-state index contributed by atoms with van der Waals surface area (Å²) in [6.45, 7) is 2.60. The summed E-state index contributed by atoms with van der Waals surface area (Å²) in [5, 5.41) is 5.07. The van der Waals surface area contributed by atoms with E-state index < -0.39 is 15.9 Å². The fraction of sp³-hybridized carbons (Fsp3) is 0.312. The quantitative estimate of drug-likeness (QED) is 0.934. The number of amides is 1. The third kappa shape index (κ3) is 3.06. The van der Waals surface area contributed by atoms with Crippen molar-refractivity contribution in [2.24, 2.45) is 0 Å². The summed E-state index contributed by atoms with van der Waals surface area (Å²) in [4.78, 5) is 12.0. The zero-order valence-electron chi connectivity index (χ0n) is 12.3. The zero-order valence-corrected chi connectivity index (χ0v) is 13.1. The molecule has 0 unspecified atom stereocenters. The number of hydrogen-bond acceptors (Lipinski definition) is 3. The molecule has 1 aliphatic rings. The second-order valence-electron chi connectivity index (χ2n) is 5.58. The Morgan fingerprint density at radius 1 is 1.36 bits per heavy atom. The molecular weight excluding hydrogens is 300 g/mol. The van der Waals surface area contributed by atoms with Crippen LogP contribution in [0.2, 0.25) is 0 Å². The van der Waals surface area contributed by atoms with Crippen LogP contribution >= 0.6 is 0 Å². The highest BCUT2D eigenvalue weighted by atomic mass is 32.2. The molecule has 1 aromatic heterocycles. The van der Waals surface area contributed by atoms with Gasteiger partial charge in [-0.05, 0) is 30.5 Å². The number of benzene rings is 1. The molecule has 1 amide bonds. The van der Waals surface area contributed by atoms with Gasteiger partial charge in [-0.3, -0.25) is 4.79 Å². The van der Waals surface area contributed by atoms with Crippen LogP contribution in [0.3, 0.4) is 0 Å². The van der Waals surface area contributed by atoms with Crippen molar-refractivity contribution in [2.75, 3.05) is 5.75 Å². The Balaban J connectivity index is 1.63. The van der Waals surface area contributed by atoms with Crippen LogP contribution in [0.4, 0.5) is 0 Å². The van der Waals surface area contributed by atoms with Crippen LogP contribution in [-0.2, 0) is 21.2 Å². The Bertz CT molecular complexity index is 849. The van der Waals surface area contributed by atoms with Crippen molar-refractivity contribution < 1.29 is 13.2 Å². The van der Waals surface area contributed by atoms with Crippen LogP contribution < -0.4 is 5.32 Å². The van der Waals surface area contributed by atoms with E-state index in [1.54, 1.807) is 0 Å².